The van der Waals surface area contributed by atoms with Crippen LogP contribution in [0.4, 0.5) is 0 Å². The lowest BCUT2D eigenvalue weighted by atomic mass is 10.2. The first-order valence-electron chi connectivity index (χ1n) is 4.38. The van der Waals surface area contributed by atoms with Crippen LogP contribution in [0.2, 0.25) is 0 Å². The zero-order valence-electron chi connectivity index (χ0n) is 7.36. The van der Waals surface area contributed by atoms with Crippen molar-refractivity contribution < 1.29 is 9.90 Å². The van der Waals surface area contributed by atoms with E-state index in [1.54, 1.807) is 11.1 Å². The first-order chi connectivity index (χ1) is 5.79. The second kappa shape index (κ2) is 4.26. The Labute approximate surface area is 72.7 Å². The molecule has 0 radical (unpaired) electrons. The smallest absolute Gasteiger partial charge is 0.226 e. The molecule has 0 aromatic carbocycles. The van der Waals surface area contributed by atoms with E-state index >= 15 is 0 Å². The molecule has 0 bridgehead atoms. The van der Waals surface area contributed by atoms with Crippen LogP contribution in [0.1, 0.15) is 26.2 Å². The molecule has 0 aromatic rings. The number of aliphatic hydroxyl groups is 1. The summed E-state index contributed by atoms with van der Waals surface area (Å²) in [6.45, 7) is 2.09. The number of likely N-dealkylation sites (tertiary alicyclic amines) is 1. The Morgan fingerprint density at radius 2 is 2.50 bits per heavy atom. The third-order valence-corrected chi connectivity index (χ3v) is 2.09. The molecule has 1 heterocycles. The van der Waals surface area contributed by atoms with E-state index in [0.717, 1.165) is 12.8 Å². The average molecular weight is 169 g/mol. The molecule has 0 aliphatic carbocycles. The average Bonchev–Trinajstić information content (AvgIpc) is 2.43. The molecule has 68 valence electrons. The Hall–Kier alpha value is -0.830. The lowest BCUT2D eigenvalue weighted by Crippen LogP contribution is -2.30. The molecule has 1 aliphatic heterocycles. The predicted octanol–water partition coefficient (Wildman–Crippen LogP) is 0.893. The lowest BCUT2D eigenvalue weighted by Gasteiger charge is -2.18. The van der Waals surface area contributed by atoms with Crippen LogP contribution < -0.4 is 0 Å². The minimum Gasteiger partial charge on any atom is -0.394 e. The van der Waals surface area contributed by atoms with E-state index in [4.69, 9.17) is 5.11 Å². The van der Waals surface area contributed by atoms with Gasteiger partial charge in [0.25, 0.3) is 0 Å². The minimum absolute atomic E-state index is 0.0142. The van der Waals surface area contributed by atoms with Crippen molar-refractivity contribution in [2.45, 2.75) is 32.2 Å². The van der Waals surface area contributed by atoms with E-state index in [-0.39, 0.29) is 18.6 Å². The molecule has 1 aliphatic rings. The van der Waals surface area contributed by atoms with E-state index in [1.165, 1.54) is 0 Å². The quantitative estimate of drug-likeness (QED) is 0.681. The van der Waals surface area contributed by atoms with Gasteiger partial charge in [-0.1, -0.05) is 13.0 Å². The van der Waals surface area contributed by atoms with Crippen LogP contribution in [-0.2, 0) is 4.79 Å². The summed E-state index contributed by atoms with van der Waals surface area (Å²) in [5.74, 6) is 0.124. The first-order valence-corrected chi connectivity index (χ1v) is 4.38. The van der Waals surface area contributed by atoms with Gasteiger partial charge in [0.05, 0.1) is 12.6 Å². The highest BCUT2D eigenvalue weighted by Gasteiger charge is 2.28. The molecule has 1 N–H and O–H groups in total. The van der Waals surface area contributed by atoms with Gasteiger partial charge in [-0.15, -0.1) is 0 Å². The predicted molar refractivity (Wildman–Crippen MR) is 46.4 cm³/mol. The van der Waals surface area contributed by atoms with Gasteiger partial charge in [-0.3, -0.25) is 4.79 Å². The maximum atomic E-state index is 11.2. The molecule has 1 fully saturated rings. The zero-order valence-corrected chi connectivity index (χ0v) is 7.36. The molecule has 0 saturated carbocycles. The molecule has 0 aromatic heterocycles. The molecule has 0 spiro atoms. The van der Waals surface area contributed by atoms with Crippen molar-refractivity contribution in [3.8, 4) is 0 Å². The number of hydrogen-bond donors (Lipinski definition) is 1. The van der Waals surface area contributed by atoms with E-state index in [1.807, 2.05) is 13.0 Å². The van der Waals surface area contributed by atoms with Gasteiger partial charge in [0, 0.05) is 12.6 Å². The summed E-state index contributed by atoms with van der Waals surface area (Å²) < 4.78 is 0. The van der Waals surface area contributed by atoms with E-state index in [9.17, 15) is 4.79 Å². The second-order valence-electron chi connectivity index (χ2n) is 2.97. The van der Waals surface area contributed by atoms with Gasteiger partial charge in [-0.2, -0.15) is 0 Å². The normalized spacial score (nSPS) is 24.3. The molecule has 3 heteroatoms. The van der Waals surface area contributed by atoms with Gasteiger partial charge in [0.1, 0.15) is 0 Å². The summed E-state index contributed by atoms with van der Waals surface area (Å²) in [6.07, 6.45) is 5.99. The maximum Gasteiger partial charge on any atom is 0.226 e. The Kier molecular flexibility index (Phi) is 3.29. The number of amides is 1. The van der Waals surface area contributed by atoms with Crippen LogP contribution in [-0.4, -0.2) is 28.6 Å². The minimum atomic E-state index is 0.0142. The Morgan fingerprint density at radius 3 is 3.08 bits per heavy atom. The van der Waals surface area contributed by atoms with Crippen LogP contribution in [0.5, 0.6) is 0 Å². The number of nitrogens with zero attached hydrogens (tertiary/aromatic N) is 1. The molecule has 1 rings (SSSR count). The van der Waals surface area contributed by atoms with Crippen molar-refractivity contribution in [1.82, 2.24) is 4.90 Å². The fraction of sp³-hybridized carbons (Fsp3) is 0.667. The summed E-state index contributed by atoms with van der Waals surface area (Å²) in [5.41, 5.74) is 0. The Bertz CT molecular complexity index is 189. The van der Waals surface area contributed by atoms with Crippen LogP contribution in [0.3, 0.4) is 0 Å². The monoisotopic (exact) mass is 169 g/mol. The number of rotatable bonds is 3. The number of carbonyl (C=O) groups excluding carboxylic acids is 1. The highest BCUT2D eigenvalue weighted by atomic mass is 16.3. The van der Waals surface area contributed by atoms with Crippen molar-refractivity contribution in [1.29, 1.82) is 0 Å². The molecule has 1 atom stereocenters. The van der Waals surface area contributed by atoms with Crippen molar-refractivity contribution in [3.63, 3.8) is 0 Å². The van der Waals surface area contributed by atoms with Crippen molar-refractivity contribution in [3.05, 3.63) is 12.3 Å². The number of carbonyl (C=O) groups is 1. The Balaban J connectivity index is 2.57. The van der Waals surface area contributed by atoms with Crippen LogP contribution >= 0.6 is 0 Å². The van der Waals surface area contributed by atoms with Crippen LogP contribution in [0, 0.1) is 0 Å². The summed E-state index contributed by atoms with van der Waals surface area (Å²) in [4.78, 5) is 12.9. The molecule has 1 unspecified atom stereocenters. The second-order valence-corrected chi connectivity index (χ2v) is 2.97. The van der Waals surface area contributed by atoms with Crippen molar-refractivity contribution >= 4 is 5.91 Å². The molecule has 1 amide bonds. The molecule has 3 nitrogen and oxygen atoms in total. The summed E-state index contributed by atoms with van der Waals surface area (Å²) in [7, 11) is 0. The van der Waals surface area contributed by atoms with Crippen molar-refractivity contribution in [2.75, 3.05) is 6.61 Å². The standard InChI is InChI=1S/C9H15NO2/c1-2-3-6-10-8(7-11)4-5-9(10)12/h3,6,8,11H,2,4-5,7H2,1H3. The maximum absolute atomic E-state index is 11.2. The first kappa shape index (κ1) is 9.26. The number of aliphatic hydroxyl groups excluding tert-OH is 1. The fourth-order valence-corrected chi connectivity index (χ4v) is 1.36. The molecule has 1 saturated heterocycles. The van der Waals surface area contributed by atoms with Crippen molar-refractivity contribution in [2.24, 2.45) is 0 Å². The van der Waals surface area contributed by atoms with E-state index in [0.29, 0.717) is 6.42 Å². The molecular weight excluding hydrogens is 154 g/mol. The largest absolute Gasteiger partial charge is 0.394 e. The highest BCUT2D eigenvalue weighted by Crippen LogP contribution is 2.18. The summed E-state index contributed by atoms with van der Waals surface area (Å²) >= 11 is 0. The van der Waals surface area contributed by atoms with Gasteiger partial charge >= 0.3 is 0 Å². The topological polar surface area (TPSA) is 40.5 Å². The number of hydrogen-bond acceptors (Lipinski definition) is 2. The lowest BCUT2D eigenvalue weighted by molar-refractivity contribution is -0.126. The highest BCUT2D eigenvalue weighted by molar-refractivity contribution is 5.79. The van der Waals surface area contributed by atoms with Gasteiger partial charge in [-0.05, 0) is 12.8 Å². The van der Waals surface area contributed by atoms with Crippen LogP contribution in [0.25, 0.3) is 0 Å². The van der Waals surface area contributed by atoms with E-state index in [2.05, 4.69) is 0 Å². The molecule has 12 heavy (non-hydrogen) atoms. The third kappa shape index (κ3) is 1.85. The summed E-state index contributed by atoms with van der Waals surface area (Å²) in [5, 5.41) is 8.93. The Morgan fingerprint density at radius 1 is 1.75 bits per heavy atom. The van der Waals surface area contributed by atoms with Gasteiger partial charge in [0.15, 0.2) is 0 Å². The van der Waals surface area contributed by atoms with Gasteiger partial charge in [-0.25, -0.2) is 0 Å². The van der Waals surface area contributed by atoms with Gasteiger partial charge in [0.2, 0.25) is 5.91 Å². The zero-order chi connectivity index (χ0) is 8.97. The SMILES string of the molecule is CCC=CN1C(=O)CCC1CO. The van der Waals surface area contributed by atoms with E-state index < -0.39 is 0 Å². The fourth-order valence-electron chi connectivity index (χ4n) is 1.36. The van der Waals surface area contributed by atoms with Crippen LogP contribution in [0.15, 0.2) is 12.3 Å². The summed E-state index contributed by atoms with van der Waals surface area (Å²) in [6, 6.07) is 0.0142. The third-order valence-electron chi connectivity index (χ3n) is 2.09. The molecular formula is C9H15NO2. The number of allylic oxidation sites excluding steroid dienone is 1. The van der Waals surface area contributed by atoms with Gasteiger partial charge < -0.3 is 10.0 Å².